The molecule has 1 aromatic carbocycles. The van der Waals surface area contributed by atoms with Crippen molar-refractivity contribution >= 4 is 34.4 Å². The zero-order chi connectivity index (χ0) is 12.5. The van der Waals surface area contributed by atoms with Crippen LogP contribution in [-0.4, -0.2) is 26.4 Å². The van der Waals surface area contributed by atoms with Crippen molar-refractivity contribution in [3.8, 4) is 11.3 Å². The number of nitrogens with one attached hydrogen (secondary N) is 1. The fourth-order valence-electron chi connectivity index (χ4n) is 1.76. The third-order valence-corrected chi connectivity index (χ3v) is 3.51. The van der Waals surface area contributed by atoms with E-state index < -0.39 is 0 Å². The van der Waals surface area contributed by atoms with Crippen molar-refractivity contribution in [3.63, 3.8) is 0 Å². The van der Waals surface area contributed by atoms with E-state index >= 15 is 0 Å². The zero-order valence-electron chi connectivity index (χ0n) is 9.51. The maximum atomic E-state index is 6.18. The van der Waals surface area contributed by atoms with Gasteiger partial charge < -0.3 is 0 Å². The highest BCUT2D eigenvalue weighted by molar-refractivity contribution is 7.98. The Bertz CT molecular complexity index is 710. The lowest BCUT2D eigenvalue weighted by molar-refractivity contribution is 0.984. The van der Waals surface area contributed by atoms with Gasteiger partial charge in [-0.3, -0.25) is 5.10 Å². The average Bonchev–Trinajstić information content (AvgIpc) is 2.82. The Kier molecular flexibility index (Phi) is 2.93. The monoisotopic (exact) mass is 276 g/mol. The van der Waals surface area contributed by atoms with E-state index in [9.17, 15) is 0 Å². The number of halogens is 1. The maximum absolute atomic E-state index is 6.18. The van der Waals surface area contributed by atoms with E-state index in [2.05, 4.69) is 20.2 Å². The fourth-order valence-corrected chi connectivity index (χ4v) is 2.32. The molecule has 0 radical (unpaired) electrons. The van der Waals surface area contributed by atoms with Gasteiger partial charge in [0.05, 0.1) is 11.1 Å². The molecule has 2 heterocycles. The molecule has 0 fully saturated rings. The van der Waals surface area contributed by atoms with Crippen LogP contribution in [0.2, 0.25) is 5.02 Å². The summed E-state index contributed by atoms with van der Waals surface area (Å²) in [5, 5.41) is 9.43. The van der Waals surface area contributed by atoms with Crippen molar-refractivity contribution in [2.75, 3.05) is 6.26 Å². The first kappa shape index (κ1) is 11.5. The second kappa shape index (κ2) is 4.59. The minimum Gasteiger partial charge on any atom is -0.275 e. The summed E-state index contributed by atoms with van der Waals surface area (Å²) in [7, 11) is 0. The largest absolute Gasteiger partial charge is 0.275 e. The third-order valence-electron chi connectivity index (χ3n) is 2.62. The van der Waals surface area contributed by atoms with Gasteiger partial charge >= 0.3 is 0 Å². The van der Waals surface area contributed by atoms with Crippen molar-refractivity contribution in [2.45, 2.75) is 5.16 Å². The van der Waals surface area contributed by atoms with Crippen molar-refractivity contribution in [1.82, 2.24) is 20.2 Å². The molecular formula is C12H9ClN4S. The Labute approximate surface area is 113 Å². The summed E-state index contributed by atoms with van der Waals surface area (Å²) < 4.78 is 0. The molecule has 0 bridgehead atoms. The number of H-pyrrole nitrogens is 1. The molecule has 18 heavy (non-hydrogen) atoms. The Morgan fingerprint density at radius 3 is 2.89 bits per heavy atom. The fraction of sp³-hybridized carbons (Fsp3) is 0.0833. The van der Waals surface area contributed by atoms with Crippen LogP contribution in [0, 0.1) is 0 Å². The lowest BCUT2D eigenvalue weighted by atomic mass is 10.1. The summed E-state index contributed by atoms with van der Waals surface area (Å²) in [5.41, 5.74) is 2.41. The highest BCUT2D eigenvalue weighted by Crippen LogP contribution is 2.30. The molecule has 0 spiro atoms. The van der Waals surface area contributed by atoms with Gasteiger partial charge in [-0.05, 0) is 12.3 Å². The number of thioether (sulfide) groups is 1. The number of benzene rings is 1. The first-order valence-electron chi connectivity index (χ1n) is 5.29. The van der Waals surface area contributed by atoms with Gasteiger partial charge in [-0.1, -0.05) is 41.6 Å². The number of rotatable bonds is 2. The molecule has 3 rings (SSSR count). The number of nitrogens with zero attached hydrogens (tertiary/aromatic N) is 3. The molecule has 0 aliphatic carbocycles. The SMILES string of the molecule is CSc1ncc2c(-c3ccccc3Cl)[nH]nc2n1. The minimum atomic E-state index is 0.657. The molecule has 2 aromatic heterocycles. The number of hydrogen-bond donors (Lipinski definition) is 1. The van der Waals surface area contributed by atoms with E-state index in [-0.39, 0.29) is 0 Å². The lowest BCUT2D eigenvalue weighted by Crippen LogP contribution is -1.85. The van der Waals surface area contributed by atoms with E-state index in [1.807, 2.05) is 30.5 Å². The smallest absolute Gasteiger partial charge is 0.189 e. The van der Waals surface area contributed by atoms with E-state index in [0.29, 0.717) is 15.8 Å². The van der Waals surface area contributed by atoms with Gasteiger partial charge in [0.2, 0.25) is 0 Å². The van der Waals surface area contributed by atoms with Crippen LogP contribution in [0.5, 0.6) is 0 Å². The van der Waals surface area contributed by atoms with Gasteiger partial charge in [0.25, 0.3) is 0 Å². The van der Waals surface area contributed by atoms with E-state index in [1.165, 1.54) is 11.8 Å². The number of hydrogen-bond acceptors (Lipinski definition) is 4. The van der Waals surface area contributed by atoms with Crippen LogP contribution >= 0.6 is 23.4 Å². The molecule has 0 amide bonds. The van der Waals surface area contributed by atoms with Crippen LogP contribution < -0.4 is 0 Å². The van der Waals surface area contributed by atoms with Crippen molar-refractivity contribution in [3.05, 3.63) is 35.5 Å². The highest BCUT2D eigenvalue weighted by atomic mass is 35.5. The van der Waals surface area contributed by atoms with Gasteiger partial charge in [-0.25, -0.2) is 9.97 Å². The third kappa shape index (κ3) is 1.85. The molecule has 90 valence electrons. The Balaban J connectivity index is 2.22. The van der Waals surface area contributed by atoms with Crippen LogP contribution in [0.15, 0.2) is 35.6 Å². The number of aromatic nitrogens is 4. The summed E-state index contributed by atoms with van der Waals surface area (Å²) in [5.74, 6) is 0. The molecule has 3 aromatic rings. The molecule has 0 aliphatic rings. The van der Waals surface area contributed by atoms with Crippen LogP contribution in [0.3, 0.4) is 0 Å². The predicted octanol–water partition coefficient (Wildman–Crippen LogP) is 3.40. The summed E-state index contributed by atoms with van der Waals surface area (Å²) in [6.07, 6.45) is 3.71. The van der Waals surface area contributed by atoms with Gasteiger partial charge in [-0.2, -0.15) is 5.10 Å². The highest BCUT2D eigenvalue weighted by Gasteiger charge is 2.12. The van der Waals surface area contributed by atoms with Gasteiger partial charge in [0.1, 0.15) is 0 Å². The summed E-state index contributed by atoms with van der Waals surface area (Å²) >= 11 is 7.67. The Morgan fingerprint density at radius 2 is 2.11 bits per heavy atom. The summed E-state index contributed by atoms with van der Waals surface area (Å²) in [6, 6.07) is 7.62. The second-order valence-electron chi connectivity index (χ2n) is 3.67. The average molecular weight is 277 g/mol. The van der Waals surface area contributed by atoms with Gasteiger partial charge in [-0.15, -0.1) is 0 Å². The first-order valence-corrected chi connectivity index (χ1v) is 6.90. The topological polar surface area (TPSA) is 54.5 Å². The Hall–Kier alpha value is -1.59. The molecule has 4 nitrogen and oxygen atoms in total. The number of fused-ring (bicyclic) bond motifs is 1. The molecular weight excluding hydrogens is 268 g/mol. The molecule has 0 atom stereocenters. The van der Waals surface area contributed by atoms with E-state index in [0.717, 1.165) is 16.6 Å². The molecule has 6 heteroatoms. The standard InChI is InChI=1S/C12H9ClN4S/c1-18-12-14-6-8-10(16-17-11(8)15-12)7-4-2-3-5-9(7)13/h2-6H,1H3,(H,14,15,16,17). The van der Waals surface area contributed by atoms with Gasteiger partial charge in [0, 0.05) is 16.8 Å². The van der Waals surface area contributed by atoms with Crippen LogP contribution in [-0.2, 0) is 0 Å². The minimum absolute atomic E-state index is 0.657. The second-order valence-corrected chi connectivity index (χ2v) is 4.85. The van der Waals surface area contributed by atoms with E-state index in [1.54, 1.807) is 6.20 Å². The van der Waals surface area contributed by atoms with Crippen molar-refractivity contribution in [1.29, 1.82) is 0 Å². The maximum Gasteiger partial charge on any atom is 0.189 e. The summed E-state index contributed by atoms with van der Waals surface area (Å²) in [4.78, 5) is 8.60. The van der Waals surface area contributed by atoms with Crippen LogP contribution in [0.25, 0.3) is 22.3 Å². The zero-order valence-corrected chi connectivity index (χ0v) is 11.1. The molecule has 0 aliphatic heterocycles. The predicted molar refractivity (Wildman–Crippen MR) is 73.9 cm³/mol. The molecule has 0 saturated carbocycles. The quantitative estimate of drug-likeness (QED) is 0.576. The Morgan fingerprint density at radius 1 is 1.28 bits per heavy atom. The molecule has 0 unspecified atom stereocenters. The van der Waals surface area contributed by atoms with E-state index in [4.69, 9.17) is 11.6 Å². The van der Waals surface area contributed by atoms with Crippen molar-refractivity contribution < 1.29 is 0 Å². The van der Waals surface area contributed by atoms with Gasteiger partial charge in [0.15, 0.2) is 10.8 Å². The van der Waals surface area contributed by atoms with Crippen LogP contribution in [0.1, 0.15) is 0 Å². The van der Waals surface area contributed by atoms with Crippen LogP contribution in [0.4, 0.5) is 0 Å². The lowest BCUT2D eigenvalue weighted by Gasteiger charge is -2.01. The molecule has 0 saturated heterocycles. The molecule has 1 N–H and O–H groups in total. The summed E-state index contributed by atoms with van der Waals surface area (Å²) in [6.45, 7) is 0. The normalized spacial score (nSPS) is 11.0. The number of aromatic amines is 1. The first-order chi connectivity index (χ1) is 8.79. The van der Waals surface area contributed by atoms with Crippen molar-refractivity contribution in [2.24, 2.45) is 0 Å².